The van der Waals surface area contributed by atoms with Crippen LogP contribution in [0.25, 0.3) is 0 Å². The van der Waals surface area contributed by atoms with Crippen LogP contribution in [0.3, 0.4) is 0 Å². The van der Waals surface area contributed by atoms with Crippen LogP contribution in [-0.4, -0.2) is 55.0 Å². The summed E-state index contributed by atoms with van der Waals surface area (Å²) in [5.41, 5.74) is 0. The minimum atomic E-state index is -0.978. The second-order valence-electron chi connectivity index (χ2n) is 2.37. The first-order chi connectivity index (χ1) is 6.99. The number of carbonyl (C=O) groups is 2. The van der Waals surface area contributed by atoms with E-state index in [9.17, 15) is 14.7 Å². The maximum absolute atomic E-state index is 10.4. The second-order valence-corrected chi connectivity index (χ2v) is 6.60. The van der Waals surface area contributed by atoms with Crippen molar-refractivity contribution in [3.05, 3.63) is 18.2 Å². The van der Waals surface area contributed by atoms with Gasteiger partial charge in [-0.25, -0.2) is 0 Å². The number of rotatable bonds is 4. The molecule has 1 aromatic rings. The molecule has 0 aliphatic heterocycles. The molecular weight excluding hydrogens is 334 g/mol. The molecule has 15 heavy (non-hydrogen) atoms. The van der Waals surface area contributed by atoms with Crippen molar-refractivity contribution in [2.45, 2.75) is 0 Å². The summed E-state index contributed by atoms with van der Waals surface area (Å²) in [7, 11) is 0. The van der Waals surface area contributed by atoms with Gasteiger partial charge in [-0.2, -0.15) is 0 Å². The van der Waals surface area contributed by atoms with E-state index in [1.807, 2.05) is 0 Å². The van der Waals surface area contributed by atoms with Crippen LogP contribution in [0, 0.1) is 0 Å². The summed E-state index contributed by atoms with van der Waals surface area (Å²) in [6, 6.07) is 4.31. The zero-order valence-corrected chi connectivity index (χ0v) is 10.6. The van der Waals surface area contributed by atoms with Crippen molar-refractivity contribution in [2.75, 3.05) is 0 Å². The monoisotopic (exact) mass is 342 g/mol. The van der Waals surface area contributed by atoms with Crippen molar-refractivity contribution < 1.29 is 24.9 Å². The van der Waals surface area contributed by atoms with E-state index in [2.05, 4.69) is 0 Å². The Morgan fingerprint density at radius 2 is 1.67 bits per heavy atom. The van der Waals surface area contributed by atoms with Gasteiger partial charge in [0.05, 0.1) is 0 Å². The van der Waals surface area contributed by atoms with Gasteiger partial charge < -0.3 is 0 Å². The van der Waals surface area contributed by atoms with Crippen molar-refractivity contribution in [1.82, 2.24) is 0 Å². The van der Waals surface area contributed by atoms with Crippen LogP contribution in [0.5, 0.6) is 5.75 Å². The van der Waals surface area contributed by atoms with Gasteiger partial charge in [0.1, 0.15) is 0 Å². The Kier molecular flexibility index (Phi) is 4.17. The summed E-state index contributed by atoms with van der Waals surface area (Å²) >= 11 is -1.58. The second kappa shape index (κ2) is 5.18. The molecule has 0 fully saturated rings. The van der Waals surface area contributed by atoms with Crippen molar-refractivity contribution in [2.24, 2.45) is 0 Å². The van der Waals surface area contributed by atoms with Crippen LogP contribution in [0.4, 0.5) is 9.59 Å². The summed E-state index contributed by atoms with van der Waals surface area (Å²) in [6.45, 7) is 0. The average molecular weight is 340 g/mol. The summed E-state index contributed by atoms with van der Waals surface area (Å²) in [4.78, 5) is 18.9. The van der Waals surface area contributed by atoms with Gasteiger partial charge in [-0.05, 0) is 0 Å². The fourth-order valence-corrected chi connectivity index (χ4v) is 2.93. The van der Waals surface area contributed by atoms with Gasteiger partial charge in [0.2, 0.25) is 0 Å². The quantitative estimate of drug-likeness (QED) is 0.637. The summed E-state index contributed by atoms with van der Waals surface area (Å²) in [5.74, 6) is -0.141. The van der Waals surface area contributed by atoms with E-state index in [0.29, 0.717) is 8.92 Å². The zero-order valence-electron chi connectivity index (χ0n) is 7.21. The normalized spacial score (nSPS) is 9.87. The van der Waals surface area contributed by atoms with Crippen molar-refractivity contribution in [3.63, 3.8) is 0 Å². The molecule has 0 heterocycles. The molecule has 0 saturated heterocycles. The molecule has 0 aliphatic rings. The predicted molar refractivity (Wildman–Crippen MR) is 54.9 cm³/mol. The van der Waals surface area contributed by atoms with E-state index >= 15 is 0 Å². The number of benzene rings is 1. The molecule has 0 atom stereocenters. The van der Waals surface area contributed by atoms with Crippen molar-refractivity contribution in [3.8, 4) is 5.75 Å². The molecule has 0 radical (unpaired) electrons. The predicted octanol–water partition coefficient (Wildman–Crippen LogP) is -0.593. The van der Waals surface area contributed by atoms with Gasteiger partial charge in [-0.3, -0.25) is 0 Å². The number of phenols is 1. The Hall–Kier alpha value is -1.00. The molecule has 1 aromatic carbocycles. The Balaban J connectivity index is 2.87. The van der Waals surface area contributed by atoms with Crippen LogP contribution >= 0.6 is 0 Å². The van der Waals surface area contributed by atoms with Crippen LogP contribution in [0.1, 0.15) is 0 Å². The maximum atomic E-state index is 10.4. The third-order valence-electron chi connectivity index (χ3n) is 1.33. The third-order valence-corrected chi connectivity index (χ3v) is 4.28. The molecule has 0 amide bonds. The van der Waals surface area contributed by atoms with Gasteiger partial charge in [0.25, 0.3) is 0 Å². The van der Waals surface area contributed by atoms with E-state index in [1.165, 1.54) is 18.2 Å². The van der Waals surface area contributed by atoms with Gasteiger partial charge >= 0.3 is 97.4 Å². The van der Waals surface area contributed by atoms with E-state index in [0.717, 1.165) is 0 Å². The summed E-state index contributed by atoms with van der Waals surface area (Å²) < 4.78 is 0.859. The Labute approximate surface area is 97.4 Å². The molecule has 0 saturated carbocycles. The molecule has 0 unspecified atom stereocenters. The summed E-state index contributed by atoms with van der Waals surface area (Å²) in [6.07, 6.45) is 0. The Morgan fingerprint density at radius 1 is 1.07 bits per heavy atom. The summed E-state index contributed by atoms with van der Waals surface area (Å²) in [5, 5.41) is 26.5. The van der Waals surface area contributed by atoms with E-state index in [-0.39, 0.29) is 5.75 Å². The van der Waals surface area contributed by atoms with E-state index in [4.69, 9.17) is 10.2 Å². The molecule has 80 valence electrons. The fourth-order valence-electron chi connectivity index (χ4n) is 0.842. The van der Waals surface area contributed by atoms with Gasteiger partial charge in [0.15, 0.2) is 0 Å². The van der Waals surface area contributed by atoms with Crippen LogP contribution in [0.15, 0.2) is 18.2 Å². The number of phenolic OH excluding ortho intramolecular Hbond substituents is 1. The molecule has 1 rings (SSSR count). The average Bonchev–Trinajstić information content (AvgIpc) is 2.08. The van der Waals surface area contributed by atoms with Gasteiger partial charge in [0, 0.05) is 0 Å². The molecule has 0 spiro atoms. The number of hydrogen-bond acceptors (Lipinski definition) is 3. The van der Waals surface area contributed by atoms with Crippen molar-refractivity contribution in [1.29, 1.82) is 0 Å². The standard InChI is InChI=1S/C8H6O5Se2/c9-5-3-4(14-7(10)11)1-2-6(5)15-8(12)13/h1-3,9H,(H,10,11)(H,12,13). The Morgan fingerprint density at radius 3 is 2.13 bits per heavy atom. The minimum absolute atomic E-state index is 0.141. The molecular formula is C8H6O5Se2. The van der Waals surface area contributed by atoms with Crippen LogP contribution < -0.4 is 8.92 Å². The SMILES string of the molecule is O=C(O)[Se]c1ccc([Se]C(=O)O)c(O)c1. The zero-order chi connectivity index (χ0) is 11.4. The topological polar surface area (TPSA) is 94.8 Å². The number of carboxylic acid groups (broad SMARTS) is 2. The van der Waals surface area contributed by atoms with Gasteiger partial charge in [-0.1, -0.05) is 0 Å². The first kappa shape index (κ1) is 12.1. The van der Waals surface area contributed by atoms with E-state index in [1.54, 1.807) is 0 Å². The number of hydrogen-bond donors (Lipinski definition) is 3. The fraction of sp³-hybridized carbons (Fsp3) is 0. The van der Waals surface area contributed by atoms with E-state index < -0.39 is 39.6 Å². The third kappa shape index (κ3) is 3.93. The molecule has 0 bridgehead atoms. The molecule has 7 heteroatoms. The first-order valence-corrected chi connectivity index (χ1v) is 7.06. The molecule has 5 nitrogen and oxygen atoms in total. The first-order valence-electron chi connectivity index (χ1n) is 3.63. The molecule has 3 N–H and O–H groups in total. The van der Waals surface area contributed by atoms with Crippen molar-refractivity contribution >= 4 is 48.6 Å². The van der Waals surface area contributed by atoms with Gasteiger partial charge in [-0.15, -0.1) is 0 Å². The Bertz CT molecular complexity index is 404. The number of aromatic hydroxyl groups is 1. The van der Waals surface area contributed by atoms with Crippen LogP contribution in [-0.2, 0) is 0 Å². The molecule has 0 aliphatic carbocycles. The van der Waals surface area contributed by atoms with Crippen LogP contribution in [0.2, 0.25) is 0 Å². The molecule has 0 aromatic heterocycles.